The predicted octanol–water partition coefficient (Wildman–Crippen LogP) is 5.25. The molecular formula is C27H38ClN5O2Si. The van der Waals surface area contributed by atoms with Gasteiger partial charge in [0.2, 0.25) is 0 Å². The third-order valence-electron chi connectivity index (χ3n) is 6.52. The molecule has 0 spiro atoms. The second kappa shape index (κ2) is 10.7. The van der Waals surface area contributed by atoms with E-state index in [9.17, 15) is 5.11 Å². The highest BCUT2D eigenvalue weighted by Crippen LogP contribution is 2.37. The first-order valence-corrected chi connectivity index (χ1v) is 16.7. The molecule has 0 atom stereocenters. The lowest BCUT2D eigenvalue weighted by molar-refractivity contribution is 0.0786. The summed E-state index contributed by atoms with van der Waals surface area (Å²) in [6, 6.07) is 3.50. The smallest absolute Gasteiger partial charge is 0.159 e. The van der Waals surface area contributed by atoms with E-state index in [1.807, 2.05) is 18.5 Å². The van der Waals surface area contributed by atoms with Gasteiger partial charge in [-0.2, -0.15) is 5.10 Å². The van der Waals surface area contributed by atoms with E-state index in [1.54, 1.807) is 18.5 Å². The molecule has 3 aromatic rings. The van der Waals surface area contributed by atoms with Crippen LogP contribution in [0.1, 0.15) is 38.4 Å². The summed E-state index contributed by atoms with van der Waals surface area (Å²) >= 11 is 6.67. The lowest BCUT2D eigenvalue weighted by Gasteiger charge is -2.30. The fourth-order valence-electron chi connectivity index (χ4n) is 4.40. The number of aliphatic hydroxyl groups is 1. The molecule has 7 nitrogen and oxygen atoms in total. The van der Waals surface area contributed by atoms with Crippen LogP contribution >= 0.6 is 11.6 Å². The summed E-state index contributed by atoms with van der Waals surface area (Å²) in [6.45, 7) is 13.6. The summed E-state index contributed by atoms with van der Waals surface area (Å²) in [5, 5.41) is 16.1. The SMILES string of the molecule is CN1CCC(n2cc(-c3cn(COCC[Si](C)(C)C)nc3Cl)c3cc(C#CC(C)(C)O)ncc32)CC1. The van der Waals surface area contributed by atoms with Gasteiger partial charge < -0.3 is 19.3 Å². The summed E-state index contributed by atoms with van der Waals surface area (Å²) in [4.78, 5) is 6.97. The van der Waals surface area contributed by atoms with Crippen LogP contribution in [0.15, 0.2) is 24.7 Å². The van der Waals surface area contributed by atoms with Gasteiger partial charge in [-0.15, -0.1) is 0 Å². The minimum atomic E-state index is -1.15. The molecule has 0 aromatic carbocycles. The van der Waals surface area contributed by atoms with Gasteiger partial charge in [0.05, 0.1) is 11.7 Å². The Morgan fingerprint density at radius 3 is 2.58 bits per heavy atom. The van der Waals surface area contributed by atoms with Crippen molar-refractivity contribution in [1.82, 2.24) is 24.2 Å². The Labute approximate surface area is 220 Å². The zero-order valence-electron chi connectivity index (χ0n) is 22.3. The Balaban J connectivity index is 1.70. The van der Waals surface area contributed by atoms with Crippen molar-refractivity contribution in [2.75, 3.05) is 26.7 Å². The fraction of sp³-hybridized carbons (Fsp3) is 0.556. The van der Waals surface area contributed by atoms with E-state index in [2.05, 4.69) is 64.3 Å². The van der Waals surface area contributed by atoms with Crippen molar-refractivity contribution in [3.8, 4) is 23.0 Å². The van der Waals surface area contributed by atoms with Crippen molar-refractivity contribution in [3.05, 3.63) is 35.5 Å². The normalized spacial score (nSPS) is 15.9. The average Bonchev–Trinajstić information content (AvgIpc) is 3.34. The summed E-state index contributed by atoms with van der Waals surface area (Å²) in [6.07, 6.45) is 8.21. The standard InChI is InChI=1S/C27H38ClN5O2Si/c1-27(2,34)10-7-20-15-22-23(18-33(25(22)16-29-20)21-8-11-31(3)12-9-21)24-17-32(30-26(24)28)19-35-13-14-36(4,5)6/h15-18,21,34H,8-9,11-14,19H2,1-6H3. The average molecular weight is 528 g/mol. The second-order valence-corrected chi connectivity index (χ2v) is 17.6. The number of ether oxygens (including phenoxy) is 1. The minimum Gasteiger partial charge on any atom is -0.378 e. The largest absolute Gasteiger partial charge is 0.378 e. The molecule has 3 aromatic heterocycles. The van der Waals surface area contributed by atoms with Crippen molar-refractivity contribution in [2.45, 2.75) is 70.7 Å². The molecule has 1 saturated heterocycles. The van der Waals surface area contributed by atoms with Crippen LogP contribution < -0.4 is 0 Å². The number of aromatic nitrogens is 4. The molecule has 36 heavy (non-hydrogen) atoms. The number of nitrogens with zero attached hydrogens (tertiary/aromatic N) is 5. The van der Waals surface area contributed by atoms with Crippen LogP contribution in [-0.2, 0) is 11.5 Å². The van der Waals surface area contributed by atoms with Crippen molar-refractivity contribution in [1.29, 1.82) is 0 Å². The van der Waals surface area contributed by atoms with Crippen LogP contribution in [0.25, 0.3) is 22.0 Å². The van der Waals surface area contributed by atoms with Gasteiger partial charge in [0, 0.05) is 49.6 Å². The first kappa shape index (κ1) is 26.9. The first-order chi connectivity index (χ1) is 16.9. The van der Waals surface area contributed by atoms with E-state index < -0.39 is 13.7 Å². The topological polar surface area (TPSA) is 68.3 Å². The highest BCUT2D eigenvalue weighted by molar-refractivity contribution is 6.76. The number of pyridine rings is 1. The van der Waals surface area contributed by atoms with Crippen molar-refractivity contribution < 1.29 is 9.84 Å². The maximum absolute atomic E-state index is 10.0. The van der Waals surface area contributed by atoms with Crippen LogP contribution in [0, 0.1) is 11.8 Å². The van der Waals surface area contributed by atoms with Gasteiger partial charge in [-0.05, 0) is 64.9 Å². The molecule has 1 aliphatic rings. The number of fused-ring (bicyclic) bond motifs is 1. The zero-order chi connectivity index (χ0) is 26.1. The maximum Gasteiger partial charge on any atom is 0.159 e. The Morgan fingerprint density at radius 1 is 1.19 bits per heavy atom. The summed E-state index contributed by atoms with van der Waals surface area (Å²) in [5.41, 5.74) is 2.47. The molecule has 1 aliphatic heterocycles. The number of hydrogen-bond donors (Lipinski definition) is 1. The monoisotopic (exact) mass is 527 g/mol. The number of halogens is 1. The summed E-state index contributed by atoms with van der Waals surface area (Å²) in [5.74, 6) is 5.89. The van der Waals surface area contributed by atoms with E-state index in [1.165, 1.54) is 0 Å². The second-order valence-electron chi connectivity index (χ2n) is 11.6. The molecule has 194 valence electrons. The highest BCUT2D eigenvalue weighted by atomic mass is 35.5. The third-order valence-corrected chi connectivity index (χ3v) is 8.51. The zero-order valence-corrected chi connectivity index (χ0v) is 24.1. The Bertz CT molecular complexity index is 1270. The molecule has 0 amide bonds. The van der Waals surface area contributed by atoms with Crippen LogP contribution in [0.4, 0.5) is 0 Å². The van der Waals surface area contributed by atoms with E-state index >= 15 is 0 Å². The van der Waals surface area contributed by atoms with Crippen LogP contribution in [0.5, 0.6) is 0 Å². The van der Waals surface area contributed by atoms with Gasteiger partial charge in [0.25, 0.3) is 0 Å². The molecule has 1 N–H and O–H groups in total. The van der Waals surface area contributed by atoms with Crippen molar-refractivity contribution >= 4 is 30.6 Å². The van der Waals surface area contributed by atoms with Gasteiger partial charge in [0.15, 0.2) is 5.15 Å². The predicted molar refractivity (Wildman–Crippen MR) is 149 cm³/mol. The van der Waals surface area contributed by atoms with E-state index in [0.29, 0.717) is 23.6 Å². The van der Waals surface area contributed by atoms with Crippen LogP contribution in [-0.4, -0.2) is 69.8 Å². The molecular weight excluding hydrogens is 490 g/mol. The van der Waals surface area contributed by atoms with Crippen LogP contribution in [0.2, 0.25) is 30.8 Å². The fourth-order valence-corrected chi connectivity index (χ4v) is 5.41. The number of hydrogen-bond acceptors (Lipinski definition) is 5. The van der Waals surface area contributed by atoms with Crippen molar-refractivity contribution in [3.63, 3.8) is 0 Å². The molecule has 0 saturated carbocycles. The van der Waals surface area contributed by atoms with E-state index in [4.69, 9.17) is 16.3 Å². The molecule has 0 bridgehead atoms. The van der Waals surface area contributed by atoms with E-state index in [0.717, 1.165) is 60.6 Å². The maximum atomic E-state index is 10.0. The molecule has 1 fully saturated rings. The Kier molecular flexibility index (Phi) is 7.98. The number of likely N-dealkylation sites (tertiary alicyclic amines) is 1. The molecule has 4 heterocycles. The number of rotatable bonds is 7. The van der Waals surface area contributed by atoms with E-state index in [-0.39, 0.29) is 0 Å². The Hall–Kier alpha value is -2.15. The molecule has 9 heteroatoms. The first-order valence-electron chi connectivity index (χ1n) is 12.7. The van der Waals surface area contributed by atoms with Gasteiger partial charge in [-0.3, -0.25) is 0 Å². The molecule has 0 unspecified atom stereocenters. The highest BCUT2D eigenvalue weighted by Gasteiger charge is 2.23. The third kappa shape index (κ3) is 6.78. The summed E-state index contributed by atoms with van der Waals surface area (Å²) < 4.78 is 10.0. The lowest BCUT2D eigenvalue weighted by Crippen LogP contribution is -2.31. The Morgan fingerprint density at radius 2 is 1.92 bits per heavy atom. The lowest BCUT2D eigenvalue weighted by atomic mass is 10.1. The van der Waals surface area contributed by atoms with Gasteiger partial charge in [-0.25, -0.2) is 9.67 Å². The quantitative estimate of drug-likeness (QED) is 0.258. The minimum absolute atomic E-state index is 0.377. The van der Waals surface area contributed by atoms with Crippen LogP contribution in [0.3, 0.4) is 0 Å². The van der Waals surface area contributed by atoms with Crippen molar-refractivity contribution in [2.24, 2.45) is 0 Å². The molecule has 0 aliphatic carbocycles. The van der Waals surface area contributed by atoms with Gasteiger partial charge >= 0.3 is 0 Å². The van der Waals surface area contributed by atoms with Gasteiger partial charge in [0.1, 0.15) is 18.0 Å². The van der Waals surface area contributed by atoms with Gasteiger partial charge in [-0.1, -0.05) is 37.2 Å². The molecule has 0 radical (unpaired) electrons. The molecule has 4 rings (SSSR count). The summed E-state index contributed by atoms with van der Waals surface area (Å²) in [7, 11) is 1.03. The number of piperidine rings is 1.